The molecule has 17 heavy (non-hydrogen) atoms. The molecule has 0 bridgehead atoms. The van der Waals surface area contributed by atoms with Crippen LogP contribution in [0.15, 0.2) is 28.8 Å². The van der Waals surface area contributed by atoms with Crippen LogP contribution in [0.2, 0.25) is 0 Å². The van der Waals surface area contributed by atoms with E-state index in [1.807, 2.05) is 19.1 Å². The minimum atomic E-state index is 0.161. The van der Waals surface area contributed by atoms with Crippen molar-refractivity contribution in [2.75, 3.05) is 5.73 Å². The molecule has 0 aliphatic carbocycles. The first-order chi connectivity index (χ1) is 7.89. The van der Waals surface area contributed by atoms with Gasteiger partial charge in [-0.25, -0.2) is 0 Å². The van der Waals surface area contributed by atoms with Gasteiger partial charge in [0, 0.05) is 11.1 Å². The van der Waals surface area contributed by atoms with Gasteiger partial charge in [-0.2, -0.15) is 0 Å². The number of hydrogen-bond acceptors (Lipinski definition) is 3. The summed E-state index contributed by atoms with van der Waals surface area (Å²) in [4.78, 5) is 0. The van der Waals surface area contributed by atoms with Crippen LogP contribution >= 0.6 is 0 Å². The highest BCUT2D eigenvalue weighted by Crippen LogP contribution is 2.29. The molecule has 1 aromatic carbocycles. The van der Waals surface area contributed by atoms with Crippen molar-refractivity contribution in [3.63, 3.8) is 0 Å². The first kappa shape index (κ1) is 11.7. The Balaban J connectivity index is 2.40. The monoisotopic (exact) mass is 230 g/mol. The number of aromatic nitrogens is 1. The number of anilines is 1. The normalized spacial score (nSPS) is 11.8. The number of nitrogen functional groups attached to an aromatic ring is 1. The predicted octanol–water partition coefficient (Wildman–Crippen LogP) is 3.53. The molecule has 0 spiro atoms. The second-order valence-electron chi connectivity index (χ2n) is 5.35. The molecular formula is C14H18N2O. The van der Waals surface area contributed by atoms with E-state index in [1.165, 1.54) is 5.56 Å². The van der Waals surface area contributed by atoms with Crippen LogP contribution in [0.3, 0.4) is 0 Å². The highest BCUT2D eigenvalue weighted by atomic mass is 16.5. The number of nitrogens with two attached hydrogens (primary N) is 1. The Labute approximate surface area is 102 Å². The van der Waals surface area contributed by atoms with Gasteiger partial charge in [-0.15, -0.1) is 0 Å². The summed E-state index contributed by atoms with van der Waals surface area (Å²) in [7, 11) is 0. The van der Waals surface area contributed by atoms with Crippen LogP contribution in [-0.4, -0.2) is 5.16 Å². The lowest BCUT2D eigenvalue weighted by Gasteiger charge is -2.18. The zero-order valence-corrected chi connectivity index (χ0v) is 10.7. The Hall–Kier alpha value is -1.77. The van der Waals surface area contributed by atoms with E-state index in [9.17, 15) is 0 Å². The van der Waals surface area contributed by atoms with Crippen LogP contribution in [0.1, 0.15) is 31.9 Å². The van der Waals surface area contributed by atoms with Crippen LogP contribution in [0.25, 0.3) is 11.3 Å². The molecular weight excluding hydrogens is 212 g/mol. The van der Waals surface area contributed by atoms with Gasteiger partial charge in [-0.05, 0) is 17.9 Å². The SMILES string of the molecule is Cc1c(N)noc1-c1ccc(C(C)(C)C)cc1. The smallest absolute Gasteiger partial charge is 0.171 e. The van der Waals surface area contributed by atoms with E-state index >= 15 is 0 Å². The molecule has 0 radical (unpaired) electrons. The number of hydrogen-bond donors (Lipinski definition) is 1. The van der Waals surface area contributed by atoms with Gasteiger partial charge in [0.15, 0.2) is 11.6 Å². The highest BCUT2D eigenvalue weighted by molar-refractivity contribution is 5.65. The fourth-order valence-electron chi connectivity index (χ4n) is 1.74. The van der Waals surface area contributed by atoms with Crippen molar-refractivity contribution >= 4 is 5.82 Å². The minimum absolute atomic E-state index is 0.161. The molecule has 0 aliphatic rings. The Morgan fingerprint density at radius 2 is 1.71 bits per heavy atom. The summed E-state index contributed by atoms with van der Waals surface area (Å²) >= 11 is 0. The van der Waals surface area contributed by atoms with Crippen molar-refractivity contribution in [2.45, 2.75) is 33.1 Å². The molecule has 90 valence electrons. The van der Waals surface area contributed by atoms with Gasteiger partial charge < -0.3 is 10.3 Å². The molecule has 0 unspecified atom stereocenters. The molecule has 2 N–H and O–H groups in total. The Kier molecular flexibility index (Phi) is 2.69. The molecule has 0 amide bonds. The zero-order chi connectivity index (χ0) is 12.6. The molecule has 1 aromatic heterocycles. The van der Waals surface area contributed by atoms with Crippen molar-refractivity contribution < 1.29 is 4.52 Å². The molecule has 0 fully saturated rings. The molecule has 3 nitrogen and oxygen atoms in total. The first-order valence-electron chi connectivity index (χ1n) is 5.72. The van der Waals surface area contributed by atoms with Gasteiger partial charge in [0.25, 0.3) is 0 Å². The zero-order valence-electron chi connectivity index (χ0n) is 10.7. The summed E-state index contributed by atoms with van der Waals surface area (Å²) in [6.07, 6.45) is 0. The third-order valence-corrected chi connectivity index (χ3v) is 2.97. The van der Waals surface area contributed by atoms with Crippen LogP contribution in [0.4, 0.5) is 5.82 Å². The highest BCUT2D eigenvalue weighted by Gasteiger charge is 2.15. The van der Waals surface area contributed by atoms with Crippen LogP contribution in [0, 0.1) is 6.92 Å². The van der Waals surface area contributed by atoms with Crippen molar-refractivity contribution in [1.29, 1.82) is 0 Å². The summed E-state index contributed by atoms with van der Waals surface area (Å²) < 4.78 is 5.23. The largest absolute Gasteiger partial charge is 0.381 e. The summed E-state index contributed by atoms with van der Waals surface area (Å²) in [5.41, 5.74) is 9.04. The van der Waals surface area contributed by atoms with E-state index in [-0.39, 0.29) is 5.41 Å². The lowest BCUT2D eigenvalue weighted by atomic mass is 9.86. The molecule has 0 saturated heterocycles. The number of benzene rings is 1. The maximum Gasteiger partial charge on any atom is 0.171 e. The molecule has 3 heteroatoms. The Bertz CT molecular complexity index is 518. The van der Waals surface area contributed by atoms with Crippen LogP contribution in [-0.2, 0) is 5.41 Å². The van der Waals surface area contributed by atoms with Crippen LogP contribution in [0.5, 0.6) is 0 Å². The lowest BCUT2D eigenvalue weighted by molar-refractivity contribution is 0.435. The number of nitrogens with zero attached hydrogens (tertiary/aromatic N) is 1. The summed E-state index contributed by atoms with van der Waals surface area (Å²) in [5, 5.41) is 3.77. The minimum Gasteiger partial charge on any atom is -0.381 e. The fourth-order valence-corrected chi connectivity index (χ4v) is 1.74. The average molecular weight is 230 g/mol. The van der Waals surface area contributed by atoms with Gasteiger partial charge in [0.1, 0.15) is 0 Å². The molecule has 2 aromatic rings. The molecule has 0 aliphatic heterocycles. The van der Waals surface area contributed by atoms with E-state index in [0.29, 0.717) is 5.82 Å². The second-order valence-corrected chi connectivity index (χ2v) is 5.35. The summed E-state index contributed by atoms with van der Waals surface area (Å²) in [6, 6.07) is 8.34. The Morgan fingerprint density at radius 1 is 1.12 bits per heavy atom. The van der Waals surface area contributed by atoms with Crippen molar-refractivity contribution in [2.24, 2.45) is 0 Å². The third-order valence-electron chi connectivity index (χ3n) is 2.97. The maximum absolute atomic E-state index is 5.67. The summed E-state index contributed by atoms with van der Waals surface area (Å²) in [6.45, 7) is 8.50. The van der Waals surface area contributed by atoms with Gasteiger partial charge in [0.05, 0.1) is 0 Å². The summed E-state index contributed by atoms with van der Waals surface area (Å²) in [5.74, 6) is 1.21. The molecule has 1 heterocycles. The quantitative estimate of drug-likeness (QED) is 0.815. The Morgan fingerprint density at radius 3 is 2.12 bits per heavy atom. The lowest BCUT2D eigenvalue weighted by Crippen LogP contribution is -2.10. The first-order valence-corrected chi connectivity index (χ1v) is 5.72. The van der Waals surface area contributed by atoms with Gasteiger partial charge in [-0.1, -0.05) is 50.2 Å². The second kappa shape index (κ2) is 3.91. The van der Waals surface area contributed by atoms with Crippen LogP contribution < -0.4 is 5.73 Å². The van der Waals surface area contributed by atoms with E-state index in [4.69, 9.17) is 10.3 Å². The average Bonchev–Trinajstić information content (AvgIpc) is 2.59. The maximum atomic E-state index is 5.67. The van der Waals surface area contributed by atoms with Gasteiger partial charge >= 0.3 is 0 Å². The molecule has 0 saturated carbocycles. The van der Waals surface area contributed by atoms with Gasteiger partial charge in [-0.3, -0.25) is 0 Å². The van der Waals surface area contributed by atoms with E-state index in [0.717, 1.165) is 16.9 Å². The van der Waals surface area contributed by atoms with Crippen molar-refractivity contribution in [3.8, 4) is 11.3 Å². The molecule has 0 atom stereocenters. The number of rotatable bonds is 1. The van der Waals surface area contributed by atoms with Gasteiger partial charge in [0.2, 0.25) is 0 Å². The van der Waals surface area contributed by atoms with E-state index < -0.39 is 0 Å². The molecule has 2 rings (SSSR count). The standard InChI is InChI=1S/C14H18N2O/c1-9-12(17-16-13(9)15)10-5-7-11(8-6-10)14(2,3)4/h5-8H,1-4H3,(H2,15,16). The van der Waals surface area contributed by atoms with Crippen molar-refractivity contribution in [3.05, 3.63) is 35.4 Å². The van der Waals surface area contributed by atoms with E-state index in [1.54, 1.807) is 0 Å². The van der Waals surface area contributed by atoms with Crippen molar-refractivity contribution in [1.82, 2.24) is 5.16 Å². The van der Waals surface area contributed by atoms with E-state index in [2.05, 4.69) is 38.1 Å². The fraction of sp³-hybridized carbons (Fsp3) is 0.357. The predicted molar refractivity (Wildman–Crippen MR) is 69.8 cm³/mol. The third kappa shape index (κ3) is 2.18. The topological polar surface area (TPSA) is 52.0 Å².